The van der Waals surface area contributed by atoms with Crippen molar-refractivity contribution in [3.8, 4) is 11.8 Å². The molecule has 0 saturated heterocycles. The summed E-state index contributed by atoms with van der Waals surface area (Å²) in [6.45, 7) is 4.54. The molecule has 1 unspecified atom stereocenters. The molecule has 0 aliphatic heterocycles. The zero-order valence-corrected chi connectivity index (χ0v) is 12.7. The summed E-state index contributed by atoms with van der Waals surface area (Å²) in [7, 11) is 0. The van der Waals surface area contributed by atoms with Crippen LogP contribution in [-0.2, 0) is 4.79 Å². The Morgan fingerprint density at radius 3 is 2.52 bits per heavy atom. The molecule has 1 saturated carbocycles. The van der Waals surface area contributed by atoms with Gasteiger partial charge in [-0.05, 0) is 51.0 Å². The highest BCUT2D eigenvalue weighted by atomic mass is 16.5. The molecule has 4 nitrogen and oxygen atoms in total. The molecule has 0 aromatic heterocycles. The Balaban J connectivity index is 1.98. The van der Waals surface area contributed by atoms with Gasteiger partial charge in [-0.1, -0.05) is 12.8 Å². The fourth-order valence-electron chi connectivity index (χ4n) is 2.91. The lowest BCUT2D eigenvalue weighted by molar-refractivity contribution is -0.140. The summed E-state index contributed by atoms with van der Waals surface area (Å²) in [5.74, 6) is 0.672. The van der Waals surface area contributed by atoms with Gasteiger partial charge in [0, 0.05) is 12.6 Å². The van der Waals surface area contributed by atoms with Crippen molar-refractivity contribution < 1.29 is 9.53 Å². The Bertz CT molecular complexity index is 513. The number of amides is 1. The number of ether oxygens (including phenoxy) is 1. The molecular formula is C17H22N2O2. The van der Waals surface area contributed by atoms with Crippen LogP contribution < -0.4 is 4.74 Å². The molecule has 1 atom stereocenters. The molecule has 1 aromatic carbocycles. The van der Waals surface area contributed by atoms with Crippen molar-refractivity contribution in [2.75, 3.05) is 6.54 Å². The van der Waals surface area contributed by atoms with Crippen molar-refractivity contribution in [3.63, 3.8) is 0 Å². The van der Waals surface area contributed by atoms with E-state index in [1.165, 1.54) is 12.8 Å². The predicted molar refractivity (Wildman–Crippen MR) is 80.9 cm³/mol. The highest BCUT2D eigenvalue weighted by Crippen LogP contribution is 2.24. The van der Waals surface area contributed by atoms with E-state index in [4.69, 9.17) is 10.00 Å². The molecule has 0 N–H and O–H groups in total. The van der Waals surface area contributed by atoms with Crippen LogP contribution >= 0.6 is 0 Å². The number of nitriles is 1. The van der Waals surface area contributed by atoms with Gasteiger partial charge in [-0.25, -0.2) is 0 Å². The van der Waals surface area contributed by atoms with Crippen LogP contribution in [0.1, 0.15) is 45.1 Å². The monoisotopic (exact) mass is 286 g/mol. The number of benzene rings is 1. The van der Waals surface area contributed by atoms with E-state index >= 15 is 0 Å². The van der Waals surface area contributed by atoms with Gasteiger partial charge in [0.25, 0.3) is 5.91 Å². The SMILES string of the molecule is CCN(C(=O)C(C)Oc1ccc(C#N)cc1)C1CCCC1. The minimum atomic E-state index is -0.501. The molecule has 0 spiro atoms. The number of carbonyl (C=O) groups is 1. The second-order valence-electron chi connectivity index (χ2n) is 5.46. The van der Waals surface area contributed by atoms with Gasteiger partial charge in [0.05, 0.1) is 11.6 Å². The molecule has 0 radical (unpaired) electrons. The van der Waals surface area contributed by atoms with E-state index in [-0.39, 0.29) is 5.91 Å². The van der Waals surface area contributed by atoms with E-state index in [0.29, 0.717) is 17.4 Å². The Hall–Kier alpha value is -2.02. The first-order chi connectivity index (χ1) is 10.2. The third kappa shape index (κ3) is 3.75. The van der Waals surface area contributed by atoms with Crippen LogP contribution in [0.5, 0.6) is 5.75 Å². The Labute approximate surface area is 126 Å². The average molecular weight is 286 g/mol. The number of likely N-dealkylation sites (N-methyl/N-ethyl adjacent to an activating group) is 1. The van der Waals surface area contributed by atoms with E-state index in [1.54, 1.807) is 31.2 Å². The smallest absolute Gasteiger partial charge is 0.263 e. The third-order valence-corrected chi connectivity index (χ3v) is 4.03. The van der Waals surface area contributed by atoms with Gasteiger partial charge in [-0.3, -0.25) is 4.79 Å². The van der Waals surface area contributed by atoms with Crippen molar-refractivity contribution in [2.45, 2.75) is 51.7 Å². The fourth-order valence-corrected chi connectivity index (χ4v) is 2.91. The maximum atomic E-state index is 12.5. The summed E-state index contributed by atoms with van der Waals surface area (Å²) >= 11 is 0. The fraction of sp³-hybridized carbons (Fsp3) is 0.529. The lowest BCUT2D eigenvalue weighted by Crippen LogP contribution is -2.45. The van der Waals surface area contributed by atoms with Crippen LogP contribution in [0.3, 0.4) is 0 Å². The summed E-state index contributed by atoms with van der Waals surface area (Å²) in [4.78, 5) is 14.5. The Kier molecular flexibility index (Phi) is 5.21. The minimum absolute atomic E-state index is 0.0498. The van der Waals surface area contributed by atoms with Crippen molar-refractivity contribution in [2.24, 2.45) is 0 Å². The largest absolute Gasteiger partial charge is 0.481 e. The summed E-state index contributed by atoms with van der Waals surface area (Å²) < 4.78 is 5.72. The highest BCUT2D eigenvalue weighted by Gasteiger charge is 2.29. The first-order valence-electron chi connectivity index (χ1n) is 7.63. The molecule has 4 heteroatoms. The zero-order chi connectivity index (χ0) is 15.2. The lowest BCUT2D eigenvalue weighted by Gasteiger charge is -2.30. The molecule has 1 aliphatic carbocycles. The average Bonchev–Trinajstić information content (AvgIpc) is 3.02. The Morgan fingerprint density at radius 1 is 1.38 bits per heavy atom. The quantitative estimate of drug-likeness (QED) is 0.835. The van der Waals surface area contributed by atoms with Crippen LogP contribution in [0.15, 0.2) is 24.3 Å². The summed E-state index contributed by atoms with van der Waals surface area (Å²) in [6.07, 6.45) is 4.11. The predicted octanol–water partition coefficient (Wildman–Crippen LogP) is 3.12. The maximum absolute atomic E-state index is 12.5. The lowest BCUT2D eigenvalue weighted by atomic mass is 10.2. The van der Waals surface area contributed by atoms with Crippen LogP contribution in [0.2, 0.25) is 0 Å². The van der Waals surface area contributed by atoms with Crippen molar-refractivity contribution >= 4 is 5.91 Å². The number of nitrogens with zero attached hydrogens (tertiary/aromatic N) is 2. The minimum Gasteiger partial charge on any atom is -0.481 e. The van der Waals surface area contributed by atoms with Crippen LogP contribution in [0.25, 0.3) is 0 Å². The van der Waals surface area contributed by atoms with Crippen molar-refractivity contribution in [1.29, 1.82) is 5.26 Å². The molecule has 2 rings (SSSR count). The van der Waals surface area contributed by atoms with Crippen LogP contribution in [0, 0.1) is 11.3 Å². The first-order valence-corrected chi connectivity index (χ1v) is 7.63. The van der Waals surface area contributed by atoms with E-state index in [0.717, 1.165) is 19.4 Å². The van der Waals surface area contributed by atoms with Crippen molar-refractivity contribution in [1.82, 2.24) is 4.90 Å². The molecule has 0 bridgehead atoms. The topological polar surface area (TPSA) is 53.3 Å². The third-order valence-electron chi connectivity index (χ3n) is 4.03. The van der Waals surface area contributed by atoms with Gasteiger partial charge in [-0.15, -0.1) is 0 Å². The number of hydrogen-bond donors (Lipinski definition) is 0. The molecular weight excluding hydrogens is 264 g/mol. The zero-order valence-electron chi connectivity index (χ0n) is 12.7. The molecule has 112 valence electrons. The second-order valence-corrected chi connectivity index (χ2v) is 5.46. The van der Waals surface area contributed by atoms with Gasteiger partial charge < -0.3 is 9.64 Å². The van der Waals surface area contributed by atoms with Gasteiger partial charge in [0.15, 0.2) is 6.10 Å². The molecule has 1 amide bonds. The molecule has 0 heterocycles. The number of hydrogen-bond acceptors (Lipinski definition) is 3. The van der Waals surface area contributed by atoms with E-state index < -0.39 is 6.10 Å². The van der Waals surface area contributed by atoms with Gasteiger partial charge in [0.1, 0.15) is 5.75 Å². The van der Waals surface area contributed by atoms with Crippen molar-refractivity contribution in [3.05, 3.63) is 29.8 Å². The Morgan fingerprint density at radius 2 is 2.00 bits per heavy atom. The highest BCUT2D eigenvalue weighted by molar-refractivity contribution is 5.81. The standard InChI is InChI=1S/C17H22N2O2/c1-3-19(15-6-4-5-7-15)17(20)13(2)21-16-10-8-14(12-18)9-11-16/h8-11,13,15H,3-7H2,1-2H3. The van der Waals surface area contributed by atoms with Gasteiger partial charge in [-0.2, -0.15) is 5.26 Å². The summed E-state index contributed by atoms with van der Waals surface area (Å²) in [6, 6.07) is 9.29. The molecule has 21 heavy (non-hydrogen) atoms. The normalized spacial score (nSPS) is 16.2. The van der Waals surface area contributed by atoms with E-state index in [9.17, 15) is 4.79 Å². The molecule has 1 aliphatic rings. The number of rotatable bonds is 5. The molecule has 1 aromatic rings. The maximum Gasteiger partial charge on any atom is 0.263 e. The summed E-state index contributed by atoms with van der Waals surface area (Å²) in [5.41, 5.74) is 0.586. The first kappa shape index (κ1) is 15.4. The van der Waals surface area contributed by atoms with Crippen LogP contribution in [0.4, 0.5) is 0 Å². The van der Waals surface area contributed by atoms with E-state index in [2.05, 4.69) is 6.07 Å². The number of carbonyl (C=O) groups excluding carboxylic acids is 1. The van der Waals surface area contributed by atoms with Gasteiger partial charge in [0.2, 0.25) is 0 Å². The molecule has 1 fully saturated rings. The van der Waals surface area contributed by atoms with Gasteiger partial charge >= 0.3 is 0 Å². The van der Waals surface area contributed by atoms with E-state index in [1.807, 2.05) is 11.8 Å². The second kappa shape index (κ2) is 7.12. The summed E-state index contributed by atoms with van der Waals surface area (Å²) in [5, 5.41) is 8.77. The van der Waals surface area contributed by atoms with Crippen LogP contribution in [-0.4, -0.2) is 29.5 Å².